The van der Waals surface area contributed by atoms with Gasteiger partial charge in [-0.1, -0.05) is 0 Å². The van der Waals surface area contributed by atoms with E-state index in [2.05, 4.69) is 10.2 Å². The molecule has 1 atom stereocenters. The van der Waals surface area contributed by atoms with E-state index in [0.717, 1.165) is 25.9 Å². The van der Waals surface area contributed by atoms with Crippen molar-refractivity contribution in [3.63, 3.8) is 0 Å². The molecule has 82 valence electrons. The standard InChI is InChI=1S/C10H15N3O2/c14-4-2-8-1-3-13(7-8)10(15)9-5-11-12-6-9/h5-6,8,14H,1-4,7H2,(H,11,12). The molecule has 0 spiro atoms. The highest BCUT2D eigenvalue weighted by molar-refractivity contribution is 5.93. The van der Waals surface area contributed by atoms with Gasteiger partial charge in [-0.25, -0.2) is 0 Å². The van der Waals surface area contributed by atoms with Gasteiger partial charge in [-0.2, -0.15) is 5.10 Å². The third-order valence-electron chi connectivity index (χ3n) is 2.86. The molecule has 15 heavy (non-hydrogen) atoms. The monoisotopic (exact) mass is 209 g/mol. The van der Waals surface area contributed by atoms with E-state index in [1.54, 1.807) is 12.4 Å². The Labute approximate surface area is 88.1 Å². The number of H-pyrrole nitrogens is 1. The molecular formula is C10H15N3O2. The summed E-state index contributed by atoms with van der Waals surface area (Å²) < 4.78 is 0. The fourth-order valence-corrected chi connectivity index (χ4v) is 1.99. The van der Waals surface area contributed by atoms with Crippen LogP contribution in [0.3, 0.4) is 0 Å². The molecule has 1 aliphatic heterocycles. The van der Waals surface area contributed by atoms with Crippen molar-refractivity contribution in [2.75, 3.05) is 19.7 Å². The van der Waals surface area contributed by atoms with Crippen molar-refractivity contribution in [1.82, 2.24) is 15.1 Å². The molecule has 1 aromatic heterocycles. The summed E-state index contributed by atoms with van der Waals surface area (Å²) >= 11 is 0. The second-order valence-corrected chi connectivity index (χ2v) is 3.91. The van der Waals surface area contributed by atoms with Crippen LogP contribution in [-0.4, -0.2) is 45.8 Å². The molecule has 1 aromatic rings. The van der Waals surface area contributed by atoms with Gasteiger partial charge < -0.3 is 10.0 Å². The van der Waals surface area contributed by atoms with E-state index in [1.165, 1.54) is 0 Å². The molecule has 0 aliphatic carbocycles. The second kappa shape index (κ2) is 4.44. The number of aliphatic hydroxyl groups excluding tert-OH is 1. The summed E-state index contributed by atoms with van der Waals surface area (Å²) in [5, 5.41) is 15.2. The number of hydrogen-bond donors (Lipinski definition) is 2. The highest BCUT2D eigenvalue weighted by Crippen LogP contribution is 2.20. The number of hydrogen-bond acceptors (Lipinski definition) is 3. The largest absolute Gasteiger partial charge is 0.396 e. The zero-order valence-corrected chi connectivity index (χ0v) is 8.52. The maximum absolute atomic E-state index is 11.9. The Morgan fingerprint density at radius 3 is 3.27 bits per heavy atom. The number of likely N-dealkylation sites (tertiary alicyclic amines) is 1. The van der Waals surface area contributed by atoms with Gasteiger partial charge in [0.2, 0.25) is 0 Å². The van der Waals surface area contributed by atoms with Crippen LogP contribution in [0.1, 0.15) is 23.2 Å². The van der Waals surface area contributed by atoms with Crippen LogP contribution in [-0.2, 0) is 0 Å². The fraction of sp³-hybridized carbons (Fsp3) is 0.600. The minimum Gasteiger partial charge on any atom is -0.396 e. The molecule has 5 nitrogen and oxygen atoms in total. The topological polar surface area (TPSA) is 69.2 Å². The van der Waals surface area contributed by atoms with E-state index in [1.807, 2.05) is 4.90 Å². The number of rotatable bonds is 3. The normalized spacial score (nSPS) is 20.9. The molecule has 0 radical (unpaired) electrons. The Morgan fingerprint density at radius 1 is 1.73 bits per heavy atom. The van der Waals surface area contributed by atoms with Gasteiger partial charge in [0, 0.05) is 25.9 Å². The first-order valence-corrected chi connectivity index (χ1v) is 5.20. The molecule has 1 saturated heterocycles. The Bertz CT molecular complexity index is 323. The third-order valence-corrected chi connectivity index (χ3v) is 2.86. The van der Waals surface area contributed by atoms with Crippen LogP contribution in [0, 0.1) is 5.92 Å². The van der Waals surface area contributed by atoms with Crippen LogP contribution < -0.4 is 0 Å². The summed E-state index contributed by atoms with van der Waals surface area (Å²) in [5.74, 6) is 0.482. The summed E-state index contributed by atoms with van der Waals surface area (Å²) in [6.45, 7) is 1.75. The molecule has 1 amide bonds. The molecule has 5 heteroatoms. The lowest BCUT2D eigenvalue weighted by molar-refractivity contribution is 0.0785. The van der Waals surface area contributed by atoms with Crippen molar-refractivity contribution in [3.05, 3.63) is 18.0 Å². The summed E-state index contributed by atoms with van der Waals surface area (Å²) in [4.78, 5) is 13.7. The van der Waals surface area contributed by atoms with Crippen molar-refractivity contribution in [3.8, 4) is 0 Å². The van der Waals surface area contributed by atoms with Gasteiger partial charge in [-0.05, 0) is 18.8 Å². The Kier molecular flexibility index (Phi) is 3.01. The van der Waals surface area contributed by atoms with Crippen molar-refractivity contribution in [2.24, 2.45) is 5.92 Å². The summed E-state index contributed by atoms with van der Waals surface area (Å²) in [6, 6.07) is 0. The first-order chi connectivity index (χ1) is 7.31. The van der Waals surface area contributed by atoms with Crippen molar-refractivity contribution < 1.29 is 9.90 Å². The summed E-state index contributed by atoms with van der Waals surface area (Å²) in [6.07, 6.45) is 4.93. The van der Waals surface area contributed by atoms with Crippen LogP contribution in [0.15, 0.2) is 12.4 Å². The van der Waals surface area contributed by atoms with Gasteiger partial charge in [0.25, 0.3) is 5.91 Å². The molecule has 0 bridgehead atoms. The van der Waals surface area contributed by atoms with E-state index < -0.39 is 0 Å². The Hall–Kier alpha value is -1.36. The van der Waals surface area contributed by atoms with Crippen LogP contribution in [0.2, 0.25) is 0 Å². The molecule has 1 aliphatic rings. The predicted octanol–water partition coefficient (Wildman–Crippen LogP) is 0.254. The van der Waals surface area contributed by atoms with E-state index in [4.69, 9.17) is 5.11 Å². The van der Waals surface area contributed by atoms with Gasteiger partial charge >= 0.3 is 0 Å². The van der Waals surface area contributed by atoms with Gasteiger partial charge in [0.1, 0.15) is 0 Å². The third kappa shape index (κ3) is 2.18. The zero-order chi connectivity index (χ0) is 10.7. The number of aliphatic hydroxyl groups is 1. The van der Waals surface area contributed by atoms with Crippen molar-refractivity contribution >= 4 is 5.91 Å². The van der Waals surface area contributed by atoms with Crippen LogP contribution >= 0.6 is 0 Å². The number of amides is 1. The smallest absolute Gasteiger partial charge is 0.257 e. The van der Waals surface area contributed by atoms with E-state index >= 15 is 0 Å². The van der Waals surface area contributed by atoms with E-state index in [9.17, 15) is 4.79 Å². The molecule has 1 fully saturated rings. The number of carbonyl (C=O) groups excluding carboxylic acids is 1. The quantitative estimate of drug-likeness (QED) is 0.750. The lowest BCUT2D eigenvalue weighted by atomic mass is 10.1. The lowest BCUT2D eigenvalue weighted by Gasteiger charge is -2.14. The first-order valence-electron chi connectivity index (χ1n) is 5.20. The van der Waals surface area contributed by atoms with Gasteiger partial charge in [-0.15, -0.1) is 0 Å². The van der Waals surface area contributed by atoms with Gasteiger partial charge in [-0.3, -0.25) is 9.89 Å². The minimum absolute atomic E-state index is 0.0317. The molecule has 2 N–H and O–H groups in total. The average molecular weight is 209 g/mol. The van der Waals surface area contributed by atoms with Gasteiger partial charge in [0.15, 0.2) is 0 Å². The Morgan fingerprint density at radius 2 is 2.60 bits per heavy atom. The Balaban J connectivity index is 1.93. The maximum atomic E-state index is 11.9. The van der Waals surface area contributed by atoms with Crippen LogP contribution in [0.25, 0.3) is 0 Å². The highest BCUT2D eigenvalue weighted by Gasteiger charge is 2.26. The predicted molar refractivity (Wildman–Crippen MR) is 54.3 cm³/mol. The van der Waals surface area contributed by atoms with Crippen LogP contribution in [0.5, 0.6) is 0 Å². The first kappa shape index (κ1) is 10.2. The number of nitrogens with one attached hydrogen (secondary N) is 1. The maximum Gasteiger partial charge on any atom is 0.257 e. The number of carbonyl (C=O) groups is 1. The zero-order valence-electron chi connectivity index (χ0n) is 8.52. The number of nitrogens with zero attached hydrogens (tertiary/aromatic N) is 2. The number of aromatic amines is 1. The van der Waals surface area contributed by atoms with Crippen molar-refractivity contribution in [2.45, 2.75) is 12.8 Å². The SMILES string of the molecule is O=C(c1cn[nH]c1)N1CCC(CCO)C1. The lowest BCUT2D eigenvalue weighted by Crippen LogP contribution is -2.28. The summed E-state index contributed by atoms with van der Waals surface area (Å²) in [7, 11) is 0. The molecule has 0 aromatic carbocycles. The van der Waals surface area contributed by atoms with Crippen molar-refractivity contribution in [1.29, 1.82) is 0 Å². The molecular weight excluding hydrogens is 194 g/mol. The molecule has 0 saturated carbocycles. The van der Waals surface area contributed by atoms with E-state index in [-0.39, 0.29) is 12.5 Å². The molecule has 1 unspecified atom stereocenters. The van der Waals surface area contributed by atoms with Gasteiger partial charge in [0.05, 0.1) is 11.8 Å². The molecule has 2 rings (SSSR count). The van der Waals surface area contributed by atoms with E-state index in [0.29, 0.717) is 11.5 Å². The molecule has 2 heterocycles. The number of aromatic nitrogens is 2. The van der Waals surface area contributed by atoms with Crippen LogP contribution in [0.4, 0.5) is 0 Å². The summed E-state index contributed by atoms with van der Waals surface area (Å²) in [5.41, 5.74) is 0.611. The highest BCUT2D eigenvalue weighted by atomic mass is 16.3. The minimum atomic E-state index is 0.0317. The fourth-order valence-electron chi connectivity index (χ4n) is 1.99. The second-order valence-electron chi connectivity index (χ2n) is 3.91. The average Bonchev–Trinajstić information content (AvgIpc) is 2.87.